The lowest BCUT2D eigenvalue weighted by Gasteiger charge is -2.39. The summed E-state index contributed by atoms with van der Waals surface area (Å²) in [7, 11) is 0. The summed E-state index contributed by atoms with van der Waals surface area (Å²) in [6, 6.07) is 4.30. The predicted molar refractivity (Wildman–Crippen MR) is 89.2 cm³/mol. The summed E-state index contributed by atoms with van der Waals surface area (Å²) in [6.07, 6.45) is 4.46. The van der Waals surface area contributed by atoms with Gasteiger partial charge in [0.1, 0.15) is 5.75 Å². The average Bonchev–Trinajstić information content (AvgIpc) is 3.04. The molecule has 7 heteroatoms. The maximum absolute atomic E-state index is 12.7. The quantitative estimate of drug-likeness (QED) is 0.791. The maximum atomic E-state index is 12.7. The van der Waals surface area contributed by atoms with Gasteiger partial charge in [0.2, 0.25) is 0 Å². The second kappa shape index (κ2) is 7.54. The molecule has 0 bridgehead atoms. The molecule has 1 heterocycles. The van der Waals surface area contributed by atoms with E-state index in [1.807, 2.05) is 0 Å². The molecule has 0 radical (unpaired) electrons. The predicted octanol–water partition coefficient (Wildman–Crippen LogP) is 4.14. The molecule has 3 nitrogen and oxygen atoms in total. The molecule has 1 saturated heterocycles. The van der Waals surface area contributed by atoms with Crippen molar-refractivity contribution in [2.75, 3.05) is 26.2 Å². The van der Waals surface area contributed by atoms with Gasteiger partial charge in [0, 0.05) is 42.7 Å². The van der Waals surface area contributed by atoms with E-state index in [1.165, 1.54) is 12.1 Å². The van der Waals surface area contributed by atoms with Gasteiger partial charge in [-0.25, -0.2) is 0 Å². The number of alkyl halides is 3. The van der Waals surface area contributed by atoms with Crippen LogP contribution in [0.3, 0.4) is 0 Å². The Morgan fingerprint density at radius 2 is 1.83 bits per heavy atom. The number of nitrogens with zero attached hydrogens (tertiary/aromatic N) is 1. The molecule has 1 aromatic rings. The van der Waals surface area contributed by atoms with Gasteiger partial charge in [-0.2, -0.15) is 13.2 Å². The molecule has 0 amide bonds. The molecule has 1 aromatic carbocycles. The first-order chi connectivity index (χ1) is 11.4. The van der Waals surface area contributed by atoms with Crippen LogP contribution in [0.15, 0.2) is 23.1 Å². The van der Waals surface area contributed by atoms with Crippen LogP contribution in [0.4, 0.5) is 13.2 Å². The van der Waals surface area contributed by atoms with Crippen molar-refractivity contribution >= 4 is 11.8 Å². The number of nitrogens with one attached hydrogen (secondary N) is 1. The van der Waals surface area contributed by atoms with Crippen LogP contribution < -0.4 is 5.32 Å². The number of phenolic OH excluding ortho intramolecular Hbond substituents is 1. The molecule has 2 N–H and O–H groups in total. The zero-order valence-corrected chi connectivity index (χ0v) is 14.3. The van der Waals surface area contributed by atoms with E-state index in [1.54, 1.807) is 6.07 Å². The van der Waals surface area contributed by atoms with Crippen molar-refractivity contribution < 1.29 is 18.3 Å². The fourth-order valence-corrected chi connectivity index (χ4v) is 4.54. The minimum Gasteiger partial charge on any atom is -0.508 e. The van der Waals surface area contributed by atoms with E-state index in [4.69, 9.17) is 0 Å². The van der Waals surface area contributed by atoms with Crippen LogP contribution in [-0.4, -0.2) is 41.7 Å². The van der Waals surface area contributed by atoms with E-state index in [0.717, 1.165) is 51.9 Å². The van der Waals surface area contributed by atoms with Gasteiger partial charge in [0.15, 0.2) is 0 Å². The summed E-state index contributed by atoms with van der Waals surface area (Å²) < 4.78 is 38.1. The monoisotopic (exact) mass is 360 g/mol. The summed E-state index contributed by atoms with van der Waals surface area (Å²) in [5.74, 6) is 0.511. The van der Waals surface area contributed by atoms with E-state index in [2.05, 4.69) is 10.2 Å². The molecule has 1 saturated carbocycles. The van der Waals surface area contributed by atoms with Gasteiger partial charge in [0.25, 0.3) is 0 Å². The molecule has 134 valence electrons. The van der Waals surface area contributed by atoms with Crippen molar-refractivity contribution in [3.63, 3.8) is 0 Å². The van der Waals surface area contributed by atoms with Crippen LogP contribution >= 0.6 is 11.8 Å². The molecule has 0 aromatic heterocycles. The Bertz CT molecular complexity index is 555. The normalized spacial score (nSPS) is 22.0. The van der Waals surface area contributed by atoms with Crippen LogP contribution in [0.25, 0.3) is 0 Å². The van der Waals surface area contributed by atoms with E-state index in [9.17, 15) is 18.3 Å². The third-order valence-electron chi connectivity index (χ3n) is 4.94. The van der Waals surface area contributed by atoms with Gasteiger partial charge in [-0.15, -0.1) is 0 Å². The first-order valence-electron chi connectivity index (χ1n) is 8.47. The summed E-state index contributed by atoms with van der Waals surface area (Å²) >= 11 is -0.112. The maximum Gasteiger partial charge on any atom is 0.446 e. The van der Waals surface area contributed by atoms with Crippen LogP contribution in [-0.2, 0) is 0 Å². The van der Waals surface area contributed by atoms with Crippen molar-refractivity contribution in [1.29, 1.82) is 0 Å². The lowest BCUT2D eigenvalue weighted by atomic mass is 9.89. The zero-order chi connectivity index (χ0) is 17.2. The third-order valence-corrected chi connectivity index (χ3v) is 5.66. The Labute approximate surface area is 144 Å². The topological polar surface area (TPSA) is 35.5 Å². The fourth-order valence-electron chi connectivity index (χ4n) is 3.95. The van der Waals surface area contributed by atoms with Gasteiger partial charge in [-0.3, -0.25) is 4.90 Å². The van der Waals surface area contributed by atoms with Gasteiger partial charge in [0.05, 0.1) is 0 Å². The minimum absolute atomic E-state index is 0.00313. The first-order valence-corrected chi connectivity index (χ1v) is 9.29. The number of benzene rings is 1. The molecule has 0 spiro atoms. The Morgan fingerprint density at radius 3 is 2.46 bits per heavy atom. The number of hydrogen-bond donors (Lipinski definition) is 2. The van der Waals surface area contributed by atoms with Gasteiger partial charge >= 0.3 is 5.51 Å². The van der Waals surface area contributed by atoms with E-state index < -0.39 is 5.51 Å². The number of piperazine rings is 1. The number of rotatable bonds is 4. The lowest BCUT2D eigenvalue weighted by Crippen LogP contribution is -2.46. The first kappa shape index (κ1) is 17.9. The third kappa shape index (κ3) is 4.37. The van der Waals surface area contributed by atoms with Gasteiger partial charge in [-0.1, -0.05) is 12.8 Å². The number of halogens is 3. The molecule has 1 atom stereocenters. The summed E-state index contributed by atoms with van der Waals surface area (Å²) in [5.41, 5.74) is -3.66. The average molecular weight is 360 g/mol. The number of phenols is 1. The number of thioether (sulfide) groups is 1. The zero-order valence-electron chi connectivity index (χ0n) is 13.5. The van der Waals surface area contributed by atoms with Gasteiger partial charge in [-0.05, 0) is 48.7 Å². The van der Waals surface area contributed by atoms with E-state index >= 15 is 0 Å². The Kier molecular flexibility index (Phi) is 5.62. The molecule has 2 aliphatic rings. The Hall–Kier alpha value is -0.920. The van der Waals surface area contributed by atoms with Gasteiger partial charge < -0.3 is 10.4 Å². The lowest BCUT2D eigenvalue weighted by molar-refractivity contribution is -0.0328. The van der Waals surface area contributed by atoms with Crippen molar-refractivity contribution in [2.45, 2.75) is 42.1 Å². The largest absolute Gasteiger partial charge is 0.508 e. The van der Waals surface area contributed by atoms with Crippen molar-refractivity contribution in [1.82, 2.24) is 10.2 Å². The standard InChI is InChI=1S/C17H23F3N2OS/c18-17(19,20)24-13-5-6-15(23)14(11-13)16(12-3-1-2-4-12)22-9-7-21-8-10-22/h5-6,11-12,16,21,23H,1-4,7-10H2/t16-/m0/s1. The number of aromatic hydroxyl groups is 1. The molecular formula is C17H23F3N2OS. The summed E-state index contributed by atoms with van der Waals surface area (Å²) in [5, 5.41) is 13.7. The fraction of sp³-hybridized carbons (Fsp3) is 0.647. The van der Waals surface area contributed by atoms with E-state index in [0.29, 0.717) is 11.5 Å². The van der Waals surface area contributed by atoms with Crippen molar-refractivity contribution in [3.8, 4) is 5.75 Å². The molecule has 24 heavy (non-hydrogen) atoms. The highest BCUT2D eigenvalue weighted by Crippen LogP contribution is 2.45. The van der Waals surface area contributed by atoms with E-state index in [-0.39, 0.29) is 28.4 Å². The molecule has 1 aliphatic heterocycles. The molecular weight excluding hydrogens is 337 g/mol. The van der Waals surface area contributed by atoms with Crippen LogP contribution in [0.1, 0.15) is 37.3 Å². The molecule has 0 unspecified atom stereocenters. The smallest absolute Gasteiger partial charge is 0.446 e. The summed E-state index contributed by atoms with van der Waals surface area (Å²) in [6.45, 7) is 3.47. The molecule has 1 aliphatic carbocycles. The second-order valence-corrected chi connectivity index (χ2v) is 7.68. The summed E-state index contributed by atoms with van der Waals surface area (Å²) in [4.78, 5) is 2.47. The van der Waals surface area contributed by atoms with Crippen molar-refractivity contribution in [3.05, 3.63) is 23.8 Å². The van der Waals surface area contributed by atoms with Crippen LogP contribution in [0.5, 0.6) is 5.75 Å². The minimum atomic E-state index is -4.31. The highest BCUT2D eigenvalue weighted by molar-refractivity contribution is 8.00. The second-order valence-electron chi connectivity index (χ2n) is 6.54. The molecule has 2 fully saturated rings. The van der Waals surface area contributed by atoms with Crippen molar-refractivity contribution in [2.24, 2.45) is 5.92 Å². The number of hydrogen-bond acceptors (Lipinski definition) is 4. The SMILES string of the molecule is Oc1ccc(SC(F)(F)F)cc1[C@H](C1CCCC1)N1CCNCC1. The Morgan fingerprint density at radius 1 is 1.17 bits per heavy atom. The Balaban J connectivity index is 1.91. The highest BCUT2D eigenvalue weighted by atomic mass is 32.2. The van der Waals surface area contributed by atoms with Crippen LogP contribution in [0, 0.1) is 5.92 Å². The highest BCUT2D eigenvalue weighted by Gasteiger charge is 2.35. The van der Waals surface area contributed by atoms with Crippen LogP contribution in [0.2, 0.25) is 0 Å². The molecule has 3 rings (SSSR count).